The molecule has 0 aliphatic heterocycles. The van der Waals surface area contributed by atoms with Crippen LogP contribution in [0.1, 0.15) is 11.3 Å². The highest BCUT2D eigenvalue weighted by molar-refractivity contribution is 7.15. The lowest BCUT2D eigenvalue weighted by Crippen LogP contribution is -2.15. The van der Waals surface area contributed by atoms with E-state index in [2.05, 4.69) is 33.3 Å². The Morgan fingerprint density at radius 2 is 2.16 bits per heavy atom. The molecule has 1 aromatic carbocycles. The molecular weight excluding hydrogens is 256 g/mol. The first-order valence-electron chi connectivity index (χ1n) is 6.16. The van der Waals surface area contributed by atoms with Crippen molar-refractivity contribution in [2.45, 2.75) is 13.5 Å². The number of thiazole rings is 1. The monoisotopic (exact) mass is 272 g/mol. The third kappa shape index (κ3) is 1.91. The van der Waals surface area contributed by atoms with Gasteiger partial charge in [-0.1, -0.05) is 18.2 Å². The quantitative estimate of drug-likeness (QED) is 0.797. The van der Waals surface area contributed by atoms with Gasteiger partial charge in [0.25, 0.3) is 0 Å². The molecule has 2 N–H and O–H groups in total. The van der Waals surface area contributed by atoms with Crippen molar-refractivity contribution in [1.82, 2.24) is 9.38 Å². The van der Waals surface area contributed by atoms with Gasteiger partial charge in [-0.3, -0.25) is 4.40 Å². The van der Waals surface area contributed by atoms with E-state index in [-0.39, 0.29) is 0 Å². The van der Waals surface area contributed by atoms with Crippen LogP contribution in [0.3, 0.4) is 0 Å². The van der Waals surface area contributed by atoms with Crippen LogP contribution < -0.4 is 10.6 Å². The lowest BCUT2D eigenvalue weighted by Gasteiger charge is -2.20. The van der Waals surface area contributed by atoms with E-state index in [4.69, 9.17) is 5.73 Å². The van der Waals surface area contributed by atoms with Crippen molar-refractivity contribution in [3.05, 3.63) is 47.1 Å². The molecule has 3 aromatic rings. The van der Waals surface area contributed by atoms with E-state index in [1.54, 1.807) is 11.3 Å². The number of hydrogen-bond acceptors (Lipinski definition) is 4. The number of imidazole rings is 1. The number of hydrogen-bond donors (Lipinski definition) is 1. The van der Waals surface area contributed by atoms with Crippen LogP contribution in [-0.2, 0) is 6.54 Å². The van der Waals surface area contributed by atoms with Crippen molar-refractivity contribution < 1.29 is 0 Å². The second-order valence-electron chi connectivity index (χ2n) is 4.49. The molecule has 0 unspecified atom stereocenters. The largest absolute Gasteiger partial charge is 0.328 e. The van der Waals surface area contributed by atoms with E-state index >= 15 is 0 Å². The standard InChI is InChI=1S/C14H16N4S/c1-10-5-3-4-6-11(10)17(2)13-12(9-15)18-7-8-19-14(18)16-13/h3-8H,9,15H2,1-2H3. The van der Waals surface area contributed by atoms with E-state index in [1.165, 1.54) is 5.56 Å². The zero-order valence-corrected chi connectivity index (χ0v) is 11.8. The number of anilines is 2. The molecule has 0 aliphatic carbocycles. The molecule has 0 atom stereocenters. The maximum absolute atomic E-state index is 5.89. The predicted octanol–water partition coefficient (Wildman–Crippen LogP) is 2.93. The van der Waals surface area contributed by atoms with E-state index in [9.17, 15) is 0 Å². The molecule has 0 spiro atoms. The summed E-state index contributed by atoms with van der Waals surface area (Å²) in [6, 6.07) is 8.29. The number of nitrogens with zero attached hydrogens (tertiary/aromatic N) is 3. The minimum Gasteiger partial charge on any atom is -0.328 e. The lowest BCUT2D eigenvalue weighted by molar-refractivity contribution is 0.954. The molecule has 0 radical (unpaired) electrons. The average molecular weight is 272 g/mol. The Hall–Kier alpha value is -1.85. The van der Waals surface area contributed by atoms with E-state index < -0.39 is 0 Å². The summed E-state index contributed by atoms with van der Waals surface area (Å²) in [7, 11) is 2.04. The van der Waals surface area contributed by atoms with Crippen LogP contribution in [0.4, 0.5) is 11.5 Å². The number of benzene rings is 1. The minimum absolute atomic E-state index is 0.476. The molecule has 2 aromatic heterocycles. The zero-order valence-electron chi connectivity index (χ0n) is 11.0. The van der Waals surface area contributed by atoms with Crippen LogP contribution in [-0.4, -0.2) is 16.4 Å². The van der Waals surface area contributed by atoms with Crippen molar-refractivity contribution in [3.63, 3.8) is 0 Å². The Morgan fingerprint density at radius 1 is 1.37 bits per heavy atom. The molecule has 0 saturated heterocycles. The van der Waals surface area contributed by atoms with Gasteiger partial charge >= 0.3 is 0 Å². The van der Waals surface area contributed by atoms with E-state index in [0.29, 0.717) is 6.54 Å². The molecule has 0 bridgehead atoms. The molecule has 3 rings (SSSR count). The van der Waals surface area contributed by atoms with Crippen molar-refractivity contribution in [2.75, 3.05) is 11.9 Å². The number of fused-ring (bicyclic) bond motifs is 1. The Kier molecular flexibility index (Phi) is 3.00. The van der Waals surface area contributed by atoms with E-state index in [1.807, 2.05) is 30.8 Å². The highest BCUT2D eigenvalue weighted by Gasteiger charge is 2.17. The number of nitrogens with two attached hydrogens (primary N) is 1. The summed E-state index contributed by atoms with van der Waals surface area (Å²) >= 11 is 1.62. The normalized spacial score (nSPS) is 11.1. The van der Waals surface area contributed by atoms with Crippen LogP contribution in [0, 0.1) is 6.92 Å². The second kappa shape index (κ2) is 4.68. The van der Waals surface area contributed by atoms with Gasteiger partial charge < -0.3 is 10.6 Å². The van der Waals surface area contributed by atoms with Gasteiger partial charge in [-0.2, -0.15) is 0 Å². The second-order valence-corrected chi connectivity index (χ2v) is 5.36. The molecule has 0 saturated carbocycles. The van der Waals surface area contributed by atoms with Crippen LogP contribution in [0.2, 0.25) is 0 Å². The highest BCUT2D eigenvalue weighted by atomic mass is 32.1. The molecule has 4 nitrogen and oxygen atoms in total. The lowest BCUT2D eigenvalue weighted by atomic mass is 10.2. The number of aromatic nitrogens is 2. The summed E-state index contributed by atoms with van der Waals surface area (Å²) < 4.78 is 2.06. The molecule has 0 fully saturated rings. The third-order valence-electron chi connectivity index (χ3n) is 3.33. The van der Waals surface area contributed by atoms with Gasteiger partial charge in [0, 0.05) is 30.9 Å². The van der Waals surface area contributed by atoms with Crippen LogP contribution in [0.5, 0.6) is 0 Å². The van der Waals surface area contributed by atoms with Crippen molar-refractivity contribution in [3.8, 4) is 0 Å². The molecule has 2 heterocycles. The van der Waals surface area contributed by atoms with Crippen LogP contribution >= 0.6 is 11.3 Å². The first kappa shape index (κ1) is 12.2. The Labute approximate surface area is 116 Å². The maximum atomic E-state index is 5.89. The summed E-state index contributed by atoms with van der Waals surface area (Å²) in [6.45, 7) is 2.58. The molecular formula is C14H16N4S. The fourth-order valence-corrected chi connectivity index (χ4v) is 3.06. The predicted molar refractivity (Wildman–Crippen MR) is 80.2 cm³/mol. The van der Waals surface area contributed by atoms with Gasteiger partial charge in [-0.25, -0.2) is 4.98 Å². The zero-order chi connectivity index (χ0) is 13.4. The van der Waals surface area contributed by atoms with Crippen LogP contribution in [0.15, 0.2) is 35.8 Å². The minimum atomic E-state index is 0.476. The van der Waals surface area contributed by atoms with Crippen molar-refractivity contribution in [1.29, 1.82) is 0 Å². The number of para-hydroxylation sites is 1. The Morgan fingerprint density at radius 3 is 2.89 bits per heavy atom. The Bertz CT molecular complexity index is 713. The van der Waals surface area contributed by atoms with Crippen molar-refractivity contribution in [2.24, 2.45) is 5.73 Å². The summed E-state index contributed by atoms with van der Waals surface area (Å²) in [5.41, 5.74) is 9.32. The van der Waals surface area contributed by atoms with E-state index in [0.717, 1.165) is 22.2 Å². The first-order valence-corrected chi connectivity index (χ1v) is 7.04. The smallest absolute Gasteiger partial charge is 0.195 e. The summed E-state index contributed by atoms with van der Waals surface area (Å²) in [5, 5.41) is 2.03. The van der Waals surface area contributed by atoms with Gasteiger partial charge in [0.05, 0.1) is 5.69 Å². The molecule has 0 aliphatic rings. The summed E-state index contributed by atoms with van der Waals surface area (Å²) in [6.07, 6.45) is 2.02. The highest BCUT2D eigenvalue weighted by Crippen LogP contribution is 2.30. The van der Waals surface area contributed by atoms with Gasteiger partial charge in [0.15, 0.2) is 10.8 Å². The molecule has 98 valence electrons. The van der Waals surface area contributed by atoms with Gasteiger partial charge in [-0.05, 0) is 18.6 Å². The molecule has 0 amide bonds. The Balaban J connectivity index is 2.13. The number of rotatable bonds is 3. The van der Waals surface area contributed by atoms with Crippen LogP contribution in [0.25, 0.3) is 4.96 Å². The van der Waals surface area contributed by atoms with Gasteiger partial charge in [-0.15, -0.1) is 11.3 Å². The first-order chi connectivity index (χ1) is 9.22. The topological polar surface area (TPSA) is 46.6 Å². The van der Waals surface area contributed by atoms with Gasteiger partial charge in [0.1, 0.15) is 0 Å². The number of aryl methyl sites for hydroxylation is 1. The molecule has 5 heteroatoms. The summed E-state index contributed by atoms with van der Waals surface area (Å²) in [5.74, 6) is 0.934. The van der Waals surface area contributed by atoms with Gasteiger partial charge in [0.2, 0.25) is 0 Å². The fourth-order valence-electron chi connectivity index (χ4n) is 2.33. The maximum Gasteiger partial charge on any atom is 0.195 e. The SMILES string of the molecule is Cc1ccccc1N(C)c1nc2sccn2c1CN. The fraction of sp³-hybridized carbons (Fsp3) is 0.214. The average Bonchev–Trinajstić information content (AvgIpc) is 2.98. The third-order valence-corrected chi connectivity index (χ3v) is 4.08. The summed E-state index contributed by atoms with van der Waals surface area (Å²) in [4.78, 5) is 7.78. The van der Waals surface area contributed by atoms with Crippen molar-refractivity contribution >= 4 is 27.8 Å². The molecule has 19 heavy (non-hydrogen) atoms.